The Labute approximate surface area is 89.9 Å². The van der Waals surface area contributed by atoms with Gasteiger partial charge in [-0.2, -0.15) is 0 Å². The molecule has 0 aromatic heterocycles. The average Bonchev–Trinajstić information content (AvgIpc) is 1.99. The molecule has 1 N–H and O–H groups in total. The van der Waals surface area contributed by atoms with Gasteiger partial charge in [0.1, 0.15) is 0 Å². The van der Waals surface area contributed by atoms with Crippen LogP contribution in [0.15, 0.2) is 0 Å². The second-order valence-electron chi connectivity index (χ2n) is 5.60. The van der Waals surface area contributed by atoms with E-state index in [9.17, 15) is 5.11 Å². The Bertz CT molecular complexity index is 130. The fraction of sp³-hybridized carbons (Fsp3) is 1.00. The normalized spacial score (nSPS) is 14.8. The molecule has 0 spiro atoms. The summed E-state index contributed by atoms with van der Waals surface area (Å²) in [5.41, 5.74) is 0. The summed E-state index contributed by atoms with van der Waals surface area (Å²) in [7, 11) is 0. The van der Waals surface area contributed by atoms with Crippen LogP contribution in [-0.4, -0.2) is 11.2 Å². The maximum atomic E-state index is 10.1. The third-order valence-electron chi connectivity index (χ3n) is 3.02. The van der Waals surface area contributed by atoms with Crippen LogP contribution in [0.2, 0.25) is 0 Å². The Hall–Kier alpha value is -0.0400. The molecular weight excluding hydrogens is 172 g/mol. The van der Waals surface area contributed by atoms with Crippen LogP contribution in [0.4, 0.5) is 0 Å². The van der Waals surface area contributed by atoms with E-state index in [1.165, 1.54) is 0 Å². The second kappa shape index (κ2) is 6.44. The Morgan fingerprint density at radius 3 is 1.50 bits per heavy atom. The molecule has 0 fully saturated rings. The zero-order chi connectivity index (χ0) is 11.3. The van der Waals surface area contributed by atoms with E-state index in [4.69, 9.17) is 0 Å². The molecule has 0 saturated carbocycles. The SMILES string of the molecule is CC(C)CCC(O)C(C(C)C)C(C)C. The molecule has 1 atom stereocenters. The van der Waals surface area contributed by atoms with Crippen LogP contribution < -0.4 is 0 Å². The topological polar surface area (TPSA) is 20.2 Å². The first kappa shape index (κ1) is 14.0. The van der Waals surface area contributed by atoms with E-state index in [-0.39, 0.29) is 6.10 Å². The quantitative estimate of drug-likeness (QED) is 0.693. The van der Waals surface area contributed by atoms with Gasteiger partial charge in [-0.3, -0.25) is 0 Å². The largest absolute Gasteiger partial charge is 0.393 e. The molecule has 1 unspecified atom stereocenters. The highest BCUT2D eigenvalue weighted by atomic mass is 16.3. The molecular formula is C13H28O. The lowest BCUT2D eigenvalue weighted by molar-refractivity contribution is 0.0427. The van der Waals surface area contributed by atoms with Gasteiger partial charge < -0.3 is 5.11 Å². The van der Waals surface area contributed by atoms with E-state index in [2.05, 4.69) is 41.5 Å². The molecule has 0 rings (SSSR count). The van der Waals surface area contributed by atoms with Crippen LogP contribution in [0.1, 0.15) is 54.4 Å². The minimum Gasteiger partial charge on any atom is -0.393 e. The van der Waals surface area contributed by atoms with Gasteiger partial charge in [0.25, 0.3) is 0 Å². The van der Waals surface area contributed by atoms with Gasteiger partial charge in [-0.25, -0.2) is 0 Å². The van der Waals surface area contributed by atoms with Crippen LogP contribution >= 0.6 is 0 Å². The Morgan fingerprint density at radius 2 is 1.21 bits per heavy atom. The fourth-order valence-electron chi connectivity index (χ4n) is 2.35. The van der Waals surface area contributed by atoms with Gasteiger partial charge in [-0.05, 0) is 36.5 Å². The van der Waals surface area contributed by atoms with Crippen molar-refractivity contribution >= 4 is 0 Å². The van der Waals surface area contributed by atoms with E-state index in [0.29, 0.717) is 23.7 Å². The molecule has 86 valence electrons. The Balaban J connectivity index is 4.09. The van der Waals surface area contributed by atoms with Crippen LogP contribution in [-0.2, 0) is 0 Å². The number of hydrogen-bond donors (Lipinski definition) is 1. The van der Waals surface area contributed by atoms with Gasteiger partial charge in [0.05, 0.1) is 6.10 Å². The summed E-state index contributed by atoms with van der Waals surface area (Å²) < 4.78 is 0. The smallest absolute Gasteiger partial charge is 0.0573 e. The molecule has 0 aromatic carbocycles. The molecule has 0 aliphatic rings. The highest BCUT2D eigenvalue weighted by Crippen LogP contribution is 2.27. The summed E-state index contributed by atoms with van der Waals surface area (Å²) >= 11 is 0. The molecule has 0 saturated heterocycles. The lowest BCUT2D eigenvalue weighted by Crippen LogP contribution is -2.30. The van der Waals surface area contributed by atoms with Crippen molar-refractivity contribution in [2.24, 2.45) is 23.7 Å². The van der Waals surface area contributed by atoms with Gasteiger partial charge in [0, 0.05) is 0 Å². The number of aliphatic hydroxyl groups is 1. The van der Waals surface area contributed by atoms with Gasteiger partial charge in [0.2, 0.25) is 0 Å². The number of aliphatic hydroxyl groups excluding tert-OH is 1. The lowest BCUT2D eigenvalue weighted by atomic mass is 9.79. The first-order chi connectivity index (χ1) is 6.36. The maximum absolute atomic E-state index is 10.1. The molecule has 0 heterocycles. The third kappa shape index (κ3) is 4.99. The third-order valence-corrected chi connectivity index (χ3v) is 3.02. The van der Waals surface area contributed by atoms with Crippen molar-refractivity contribution in [3.8, 4) is 0 Å². The molecule has 0 radical (unpaired) electrons. The highest BCUT2D eigenvalue weighted by molar-refractivity contribution is 4.75. The van der Waals surface area contributed by atoms with Crippen LogP contribution in [0.3, 0.4) is 0 Å². The summed E-state index contributed by atoms with van der Waals surface area (Å²) in [5.74, 6) is 2.31. The van der Waals surface area contributed by atoms with Crippen molar-refractivity contribution < 1.29 is 5.11 Å². The summed E-state index contributed by atoms with van der Waals surface area (Å²) in [5, 5.41) is 10.1. The molecule has 14 heavy (non-hydrogen) atoms. The van der Waals surface area contributed by atoms with Crippen LogP contribution in [0.5, 0.6) is 0 Å². The van der Waals surface area contributed by atoms with Crippen LogP contribution in [0, 0.1) is 23.7 Å². The van der Waals surface area contributed by atoms with Crippen molar-refractivity contribution in [2.45, 2.75) is 60.5 Å². The number of hydrogen-bond acceptors (Lipinski definition) is 1. The Kier molecular flexibility index (Phi) is 6.43. The lowest BCUT2D eigenvalue weighted by Gasteiger charge is -2.30. The molecule has 0 bridgehead atoms. The van der Waals surface area contributed by atoms with Crippen molar-refractivity contribution in [3.05, 3.63) is 0 Å². The summed E-state index contributed by atoms with van der Waals surface area (Å²) in [6, 6.07) is 0. The fourth-order valence-corrected chi connectivity index (χ4v) is 2.35. The van der Waals surface area contributed by atoms with E-state index in [1.807, 2.05) is 0 Å². The second-order valence-corrected chi connectivity index (χ2v) is 5.60. The zero-order valence-electron chi connectivity index (χ0n) is 10.7. The summed E-state index contributed by atoms with van der Waals surface area (Å²) in [6.45, 7) is 13.3. The molecule has 1 nitrogen and oxygen atoms in total. The highest BCUT2D eigenvalue weighted by Gasteiger charge is 2.25. The minimum atomic E-state index is -0.114. The Morgan fingerprint density at radius 1 is 0.786 bits per heavy atom. The van der Waals surface area contributed by atoms with Gasteiger partial charge in [-0.1, -0.05) is 41.5 Å². The average molecular weight is 200 g/mol. The summed E-state index contributed by atoms with van der Waals surface area (Å²) in [6.07, 6.45) is 1.98. The van der Waals surface area contributed by atoms with Crippen molar-refractivity contribution in [1.29, 1.82) is 0 Å². The summed E-state index contributed by atoms with van der Waals surface area (Å²) in [4.78, 5) is 0. The van der Waals surface area contributed by atoms with Gasteiger partial charge in [0.15, 0.2) is 0 Å². The predicted octanol–water partition coefficient (Wildman–Crippen LogP) is 3.71. The molecule has 0 aliphatic heterocycles. The predicted molar refractivity (Wildman–Crippen MR) is 63.2 cm³/mol. The first-order valence-corrected chi connectivity index (χ1v) is 6.04. The van der Waals surface area contributed by atoms with Gasteiger partial charge >= 0.3 is 0 Å². The molecule has 0 amide bonds. The van der Waals surface area contributed by atoms with Crippen molar-refractivity contribution in [3.63, 3.8) is 0 Å². The van der Waals surface area contributed by atoms with Crippen molar-refractivity contribution in [2.75, 3.05) is 0 Å². The van der Waals surface area contributed by atoms with E-state index < -0.39 is 0 Å². The number of rotatable bonds is 6. The first-order valence-electron chi connectivity index (χ1n) is 6.04. The maximum Gasteiger partial charge on any atom is 0.0573 e. The van der Waals surface area contributed by atoms with Gasteiger partial charge in [-0.15, -0.1) is 0 Å². The van der Waals surface area contributed by atoms with E-state index in [0.717, 1.165) is 12.8 Å². The van der Waals surface area contributed by atoms with E-state index in [1.54, 1.807) is 0 Å². The molecule has 0 aromatic rings. The standard InChI is InChI=1S/C13H28O/c1-9(2)7-8-12(14)13(10(3)4)11(5)6/h9-14H,7-8H2,1-6H3. The van der Waals surface area contributed by atoms with E-state index >= 15 is 0 Å². The van der Waals surface area contributed by atoms with Crippen LogP contribution in [0.25, 0.3) is 0 Å². The zero-order valence-corrected chi connectivity index (χ0v) is 10.7. The van der Waals surface area contributed by atoms with Crippen molar-refractivity contribution in [1.82, 2.24) is 0 Å². The minimum absolute atomic E-state index is 0.114. The monoisotopic (exact) mass is 200 g/mol. The molecule has 0 aliphatic carbocycles. The molecule has 1 heteroatoms.